The van der Waals surface area contributed by atoms with E-state index >= 15 is 0 Å². The summed E-state index contributed by atoms with van der Waals surface area (Å²) in [7, 11) is 1.69. The summed E-state index contributed by atoms with van der Waals surface area (Å²) in [5, 5.41) is 14.6. The highest BCUT2D eigenvalue weighted by atomic mass is 16.5. The van der Waals surface area contributed by atoms with Gasteiger partial charge in [-0.15, -0.1) is 5.10 Å². The molecule has 3 fully saturated rings. The molecule has 9 nitrogen and oxygen atoms in total. The number of amides is 1. The number of nitrogens with one attached hydrogen (secondary N) is 2. The lowest BCUT2D eigenvalue weighted by atomic mass is 9.67. The molecular formula is C17H28N6O3. The number of piperazine rings is 1. The Labute approximate surface area is 153 Å². The number of methoxy groups -OCH3 is 1. The average molecular weight is 364 g/mol. The molecule has 0 spiro atoms. The summed E-state index contributed by atoms with van der Waals surface area (Å²) >= 11 is 0. The van der Waals surface area contributed by atoms with Crippen LogP contribution in [0.3, 0.4) is 0 Å². The first-order valence-electron chi connectivity index (χ1n) is 9.51. The number of aromatic nitrogens is 3. The van der Waals surface area contributed by atoms with Gasteiger partial charge in [0.25, 0.3) is 5.91 Å². The van der Waals surface area contributed by atoms with Crippen LogP contribution >= 0.6 is 0 Å². The van der Waals surface area contributed by atoms with Crippen LogP contribution in [0.2, 0.25) is 0 Å². The Morgan fingerprint density at radius 1 is 1.42 bits per heavy atom. The van der Waals surface area contributed by atoms with Gasteiger partial charge in [-0.3, -0.25) is 14.4 Å². The molecule has 0 bridgehead atoms. The van der Waals surface area contributed by atoms with E-state index < -0.39 is 0 Å². The third-order valence-corrected chi connectivity index (χ3v) is 5.81. The minimum atomic E-state index is -0.158. The van der Waals surface area contributed by atoms with Gasteiger partial charge in [0.1, 0.15) is 0 Å². The van der Waals surface area contributed by atoms with Crippen molar-refractivity contribution >= 4 is 5.91 Å². The van der Waals surface area contributed by atoms with E-state index in [1.807, 2.05) is 0 Å². The summed E-state index contributed by atoms with van der Waals surface area (Å²) in [6.45, 7) is 7.19. The molecule has 1 aliphatic carbocycles. The zero-order chi connectivity index (χ0) is 17.9. The molecular weight excluding hydrogens is 336 g/mol. The molecule has 144 valence electrons. The molecule has 2 aliphatic heterocycles. The van der Waals surface area contributed by atoms with Crippen molar-refractivity contribution in [2.75, 3.05) is 53.0 Å². The number of carbonyl (C=O) groups excluding carboxylic acids is 1. The van der Waals surface area contributed by atoms with E-state index in [1.165, 1.54) is 0 Å². The smallest absolute Gasteiger partial charge is 0.273 e. The van der Waals surface area contributed by atoms with Gasteiger partial charge in [0, 0.05) is 64.3 Å². The summed E-state index contributed by atoms with van der Waals surface area (Å²) in [5.74, 6) is 0.455. The molecule has 1 aromatic heterocycles. The van der Waals surface area contributed by atoms with E-state index in [0.29, 0.717) is 18.2 Å². The van der Waals surface area contributed by atoms with E-state index in [-0.39, 0.29) is 24.0 Å². The van der Waals surface area contributed by atoms with Crippen LogP contribution in [0.5, 0.6) is 0 Å². The SMILES string of the molecule is COC[C@@H]1[C@H](NC(=O)c2cn(CCN3CCNCC3)nn2)[C@@H]2CCO[C@H]12. The number of rotatable bonds is 7. The molecule has 4 atom stereocenters. The van der Waals surface area contributed by atoms with Crippen molar-refractivity contribution in [3.05, 3.63) is 11.9 Å². The fraction of sp³-hybridized carbons (Fsp3) is 0.824. The van der Waals surface area contributed by atoms with Crippen molar-refractivity contribution < 1.29 is 14.3 Å². The second kappa shape index (κ2) is 7.99. The monoisotopic (exact) mass is 364 g/mol. The van der Waals surface area contributed by atoms with Gasteiger partial charge < -0.3 is 20.1 Å². The van der Waals surface area contributed by atoms with Crippen LogP contribution < -0.4 is 10.6 Å². The first-order chi connectivity index (χ1) is 12.8. The molecule has 2 saturated heterocycles. The number of ether oxygens (including phenoxy) is 2. The summed E-state index contributed by atoms with van der Waals surface area (Å²) in [4.78, 5) is 15.0. The van der Waals surface area contributed by atoms with Crippen LogP contribution in [-0.4, -0.2) is 91.0 Å². The molecule has 2 N–H and O–H groups in total. The van der Waals surface area contributed by atoms with Crippen LogP contribution in [0.25, 0.3) is 0 Å². The van der Waals surface area contributed by atoms with Gasteiger partial charge in [0.2, 0.25) is 0 Å². The van der Waals surface area contributed by atoms with Gasteiger partial charge in [-0.1, -0.05) is 5.21 Å². The fourth-order valence-electron chi connectivity index (χ4n) is 4.35. The molecule has 1 aromatic rings. The predicted molar refractivity (Wildman–Crippen MR) is 93.8 cm³/mol. The standard InChI is InChI=1S/C17H28N6O3/c1-25-11-13-15(12-2-9-26-16(12)13)19-17(24)14-10-23(21-20-14)8-7-22-5-3-18-4-6-22/h10,12-13,15-16,18H,2-9,11H2,1H3,(H,19,24)/t12-,13+,15+,16-/m0/s1. The van der Waals surface area contributed by atoms with Crippen LogP contribution in [0, 0.1) is 11.8 Å². The molecule has 0 radical (unpaired) electrons. The van der Waals surface area contributed by atoms with E-state index in [1.54, 1.807) is 18.0 Å². The highest BCUT2D eigenvalue weighted by Crippen LogP contribution is 2.43. The van der Waals surface area contributed by atoms with E-state index in [0.717, 1.165) is 52.3 Å². The zero-order valence-electron chi connectivity index (χ0n) is 15.3. The summed E-state index contributed by atoms with van der Waals surface area (Å²) in [6.07, 6.45) is 2.95. The van der Waals surface area contributed by atoms with Crippen molar-refractivity contribution in [2.45, 2.75) is 25.1 Å². The molecule has 26 heavy (non-hydrogen) atoms. The second-order valence-corrected chi connectivity index (χ2v) is 7.36. The average Bonchev–Trinajstić information content (AvgIpc) is 3.31. The first kappa shape index (κ1) is 17.8. The molecule has 1 amide bonds. The number of carbonyl (C=O) groups is 1. The third kappa shape index (κ3) is 3.62. The van der Waals surface area contributed by atoms with Gasteiger partial charge in [-0.2, -0.15) is 0 Å². The summed E-state index contributed by atoms with van der Waals surface area (Å²) < 4.78 is 12.8. The quantitative estimate of drug-likeness (QED) is 0.638. The van der Waals surface area contributed by atoms with Gasteiger partial charge in [-0.05, 0) is 6.42 Å². The van der Waals surface area contributed by atoms with Crippen molar-refractivity contribution in [1.29, 1.82) is 0 Å². The maximum atomic E-state index is 12.6. The Bertz CT molecular complexity index is 617. The highest BCUT2D eigenvalue weighted by Gasteiger charge is 2.54. The van der Waals surface area contributed by atoms with Crippen molar-refractivity contribution in [3.8, 4) is 0 Å². The Balaban J connectivity index is 1.30. The summed E-state index contributed by atoms with van der Waals surface area (Å²) in [6, 6.07) is 0.0981. The maximum Gasteiger partial charge on any atom is 0.273 e. The molecule has 0 unspecified atom stereocenters. The number of fused-ring (bicyclic) bond motifs is 1. The van der Waals surface area contributed by atoms with Crippen molar-refractivity contribution in [2.24, 2.45) is 11.8 Å². The number of nitrogens with zero attached hydrogens (tertiary/aromatic N) is 4. The number of hydrogen-bond donors (Lipinski definition) is 2. The fourth-order valence-corrected chi connectivity index (χ4v) is 4.35. The van der Waals surface area contributed by atoms with E-state index in [2.05, 4.69) is 25.8 Å². The van der Waals surface area contributed by atoms with Gasteiger partial charge in [0.05, 0.1) is 25.5 Å². The Morgan fingerprint density at radius 2 is 2.27 bits per heavy atom. The van der Waals surface area contributed by atoms with Gasteiger partial charge >= 0.3 is 0 Å². The highest BCUT2D eigenvalue weighted by molar-refractivity contribution is 5.92. The minimum absolute atomic E-state index is 0.0981. The first-order valence-corrected chi connectivity index (χ1v) is 9.51. The molecule has 0 aromatic carbocycles. The lowest BCUT2D eigenvalue weighted by Gasteiger charge is -2.47. The second-order valence-electron chi connectivity index (χ2n) is 7.36. The normalized spacial score (nSPS) is 31.4. The van der Waals surface area contributed by atoms with E-state index in [9.17, 15) is 4.79 Å². The number of hydrogen-bond acceptors (Lipinski definition) is 7. The van der Waals surface area contributed by atoms with Crippen LogP contribution in [0.1, 0.15) is 16.9 Å². The topological polar surface area (TPSA) is 93.5 Å². The lowest BCUT2D eigenvalue weighted by molar-refractivity contribution is -0.0810. The Morgan fingerprint density at radius 3 is 3.08 bits per heavy atom. The third-order valence-electron chi connectivity index (χ3n) is 5.81. The van der Waals surface area contributed by atoms with Crippen molar-refractivity contribution in [3.63, 3.8) is 0 Å². The lowest BCUT2D eigenvalue weighted by Crippen LogP contribution is -2.62. The zero-order valence-corrected chi connectivity index (χ0v) is 15.3. The van der Waals surface area contributed by atoms with E-state index in [4.69, 9.17) is 9.47 Å². The van der Waals surface area contributed by atoms with Crippen LogP contribution in [-0.2, 0) is 16.0 Å². The van der Waals surface area contributed by atoms with Crippen LogP contribution in [0.15, 0.2) is 6.20 Å². The Kier molecular flexibility index (Phi) is 5.49. The van der Waals surface area contributed by atoms with Crippen LogP contribution in [0.4, 0.5) is 0 Å². The van der Waals surface area contributed by atoms with Crippen molar-refractivity contribution in [1.82, 2.24) is 30.5 Å². The Hall–Kier alpha value is -1.55. The largest absolute Gasteiger partial charge is 0.384 e. The molecule has 3 aliphatic rings. The summed E-state index contributed by atoms with van der Waals surface area (Å²) in [5.41, 5.74) is 0.379. The molecule has 3 heterocycles. The maximum absolute atomic E-state index is 12.6. The molecule has 4 rings (SSSR count). The molecule has 9 heteroatoms. The molecule has 1 saturated carbocycles. The predicted octanol–water partition coefficient (Wildman–Crippen LogP) is -1.04. The minimum Gasteiger partial charge on any atom is -0.384 e. The van der Waals surface area contributed by atoms with Gasteiger partial charge in [-0.25, -0.2) is 0 Å². The van der Waals surface area contributed by atoms with Gasteiger partial charge in [0.15, 0.2) is 5.69 Å².